The van der Waals surface area contributed by atoms with E-state index in [0.29, 0.717) is 34.3 Å². The summed E-state index contributed by atoms with van der Waals surface area (Å²) in [6, 6.07) is 13.2. The fourth-order valence-corrected chi connectivity index (χ4v) is 3.69. The molecule has 0 radical (unpaired) electrons. The molecule has 0 atom stereocenters. The number of carbonyl (C=O) groups is 1. The molecule has 3 aromatic rings. The minimum absolute atomic E-state index is 0.0813. The lowest BCUT2D eigenvalue weighted by atomic mass is 9.88. The molecule has 1 aromatic heterocycles. The van der Waals surface area contributed by atoms with Gasteiger partial charge in [-0.1, -0.05) is 55.2 Å². The van der Waals surface area contributed by atoms with Crippen LogP contribution >= 0.6 is 23.2 Å². The number of ether oxygens (including phenoxy) is 1. The van der Waals surface area contributed by atoms with Crippen LogP contribution in [0.5, 0.6) is 0 Å². The quantitative estimate of drug-likeness (QED) is 0.462. The zero-order valence-corrected chi connectivity index (χ0v) is 17.1. The predicted molar refractivity (Wildman–Crippen MR) is 111 cm³/mol. The average molecular weight is 402 g/mol. The Balaban J connectivity index is 2.32. The summed E-state index contributed by atoms with van der Waals surface area (Å²) in [4.78, 5) is 17.2. The molecule has 140 valence electrons. The van der Waals surface area contributed by atoms with Gasteiger partial charge in [-0.05, 0) is 60.2 Å². The number of carbonyl (C=O) groups excluding carboxylic acids is 1. The Hall–Kier alpha value is -2.10. The maximum Gasteiger partial charge on any atom is 0.357 e. The Bertz CT molecular complexity index is 999. The van der Waals surface area contributed by atoms with E-state index in [1.54, 1.807) is 13.0 Å². The van der Waals surface area contributed by atoms with Gasteiger partial charge in [0.15, 0.2) is 5.69 Å². The molecule has 0 fully saturated rings. The van der Waals surface area contributed by atoms with E-state index in [1.807, 2.05) is 50.2 Å². The van der Waals surface area contributed by atoms with E-state index in [9.17, 15) is 4.79 Å². The largest absolute Gasteiger partial charge is 0.461 e. The molecule has 1 heterocycles. The number of rotatable bonds is 5. The number of nitrogens with zero attached hydrogens (tertiary/aromatic N) is 1. The highest BCUT2D eigenvalue weighted by Gasteiger charge is 2.24. The average Bonchev–Trinajstić information content (AvgIpc) is 2.63. The van der Waals surface area contributed by atoms with Crippen LogP contribution in [0, 0.1) is 0 Å². The molecule has 5 heteroatoms. The zero-order valence-electron chi connectivity index (χ0n) is 15.6. The molecule has 27 heavy (non-hydrogen) atoms. The minimum atomic E-state index is -0.404. The lowest BCUT2D eigenvalue weighted by Gasteiger charge is -2.20. The lowest BCUT2D eigenvalue weighted by molar-refractivity contribution is 0.0518. The van der Waals surface area contributed by atoms with Crippen molar-refractivity contribution in [2.75, 3.05) is 6.61 Å². The third-order valence-corrected chi connectivity index (χ3v) is 5.07. The highest BCUT2D eigenvalue weighted by molar-refractivity contribution is 6.31. The SMILES string of the molecule is CCOC(=O)c1nc2ccc(Cl)cc2c(Cc2ccccc2Cl)c1C(C)C. The highest BCUT2D eigenvalue weighted by Crippen LogP contribution is 2.34. The van der Waals surface area contributed by atoms with Crippen molar-refractivity contribution in [2.45, 2.75) is 33.1 Å². The fourth-order valence-electron chi connectivity index (χ4n) is 3.32. The molecule has 0 aliphatic heterocycles. The van der Waals surface area contributed by atoms with Gasteiger partial charge in [-0.3, -0.25) is 0 Å². The summed E-state index contributed by atoms with van der Waals surface area (Å²) >= 11 is 12.7. The summed E-state index contributed by atoms with van der Waals surface area (Å²) in [5, 5.41) is 2.25. The fraction of sp³-hybridized carbons (Fsp3) is 0.273. The van der Waals surface area contributed by atoms with Crippen molar-refractivity contribution in [3.8, 4) is 0 Å². The molecule has 0 amide bonds. The van der Waals surface area contributed by atoms with Crippen molar-refractivity contribution in [3.63, 3.8) is 0 Å². The first-order chi connectivity index (χ1) is 12.9. The van der Waals surface area contributed by atoms with E-state index < -0.39 is 5.97 Å². The van der Waals surface area contributed by atoms with Crippen molar-refractivity contribution in [1.29, 1.82) is 0 Å². The van der Waals surface area contributed by atoms with Crippen LogP contribution in [0.25, 0.3) is 10.9 Å². The number of halogens is 2. The molecule has 0 spiro atoms. The van der Waals surface area contributed by atoms with Gasteiger partial charge in [-0.2, -0.15) is 0 Å². The van der Waals surface area contributed by atoms with E-state index in [2.05, 4.69) is 4.98 Å². The van der Waals surface area contributed by atoms with E-state index in [4.69, 9.17) is 27.9 Å². The second-order valence-electron chi connectivity index (χ2n) is 6.66. The summed E-state index contributed by atoms with van der Waals surface area (Å²) in [5.41, 5.74) is 3.96. The molecular formula is C22H21Cl2NO2. The molecule has 0 saturated carbocycles. The molecule has 3 nitrogen and oxygen atoms in total. The van der Waals surface area contributed by atoms with Crippen molar-refractivity contribution in [2.24, 2.45) is 0 Å². The first-order valence-corrected chi connectivity index (χ1v) is 9.70. The number of pyridine rings is 1. The number of aromatic nitrogens is 1. The maximum absolute atomic E-state index is 12.6. The molecule has 0 unspecified atom stereocenters. The first kappa shape index (κ1) is 19.7. The summed E-state index contributed by atoms with van der Waals surface area (Å²) in [6.07, 6.45) is 0.582. The van der Waals surface area contributed by atoms with Gasteiger partial charge in [-0.25, -0.2) is 9.78 Å². The predicted octanol–water partition coefficient (Wildman–Crippen LogP) is 6.43. The van der Waals surface area contributed by atoms with E-state index >= 15 is 0 Å². The zero-order chi connectivity index (χ0) is 19.6. The standard InChI is InChI=1S/C22H21Cl2NO2/c1-4-27-22(26)21-20(13(2)3)17(11-14-7-5-6-8-18(14)24)16-12-15(23)9-10-19(16)25-21/h5-10,12-13H,4,11H2,1-3H3. The third kappa shape index (κ3) is 4.10. The number of hydrogen-bond acceptors (Lipinski definition) is 3. The summed E-state index contributed by atoms with van der Waals surface area (Å²) in [6.45, 7) is 6.19. The van der Waals surface area contributed by atoms with Gasteiger partial charge in [0, 0.05) is 15.4 Å². The number of esters is 1. The van der Waals surface area contributed by atoms with Crippen molar-refractivity contribution < 1.29 is 9.53 Å². The van der Waals surface area contributed by atoms with Crippen molar-refractivity contribution >= 4 is 40.1 Å². The smallest absolute Gasteiger partial charge is 0.357 e. The normalized spacial score (nSPS) is 11.2. The van der Waals surface area contributed by atoms with Gasteiger partial charge in [0.2, 0.25) is 0 Å². The van der Waals surface area contributed by atoms with Gasteiger partial charge < -0.3 is 4.74 Å². The second-order valence-corrected chi connectivity index (χ2v) is 7.50. The molecular weight excluding hydrogens is 381 g/mol. The van der Waals surface area contributed by atoms with Crippen LogP contribution in [0.1, 0.15) is 53.9 Å². The Morgan fingerprint density at radius 3 is 2.56 bits per heavy atom. The molecule has 0 aliphatic carbocycles. The highest BCUT2D eigenvalue weighted by atomic mass is 35.5. The Morgan fingerprint density at radius 1 is 1.15 bits per heavy atom. The number of benzene rings is 2. The molecule has 2 aromatic carbocycles. The van der Waals surface area contributed by atoms with Gasteiger partial charge >= 0.3 is 5.97 Å². The summed E-state index contributed by atoms with van der Waals surface area (Å²) < 4.78 is 5.27. The van der Waals surface area contributed by atoms with Gasteiger partial charge in [0.25, 0.3) is 0 Å². The molecule has 0 bridgehead atoms. The molecule has 0 aliphatic rings. The summed E-state index contributed by atoms with van der Waals surface area (Å²) in [5.74, 6) is -0.323. The molecule has 0 saturated heterocycles. The van der Waals surface area contributed by atoms with Crippen LogP contribution in [0.4, 0.5) is 0 Å². The van der Waals surface area contributed by atoms with Crippen LogP contribution < -0.4 is 0 Å². The van der Waals surface area contributed by atoms with Gasteiger partial charge in [0.05, 0.1) is 12.1 Å². The topological polar surface area (TPSA) is 39.2 Å². The summed E-state index contributed by atoms with van der Waals surface area (Å²) in [7, 11) is 0. The van der Waals surface area contributed by atoms with Crippen LogP contribution in [0.3, 0.4) is 0 Å². The lowest BCUT2D eigenvalue weighted by Crippen LogP contribution is -2.15. The van der Waals surface area contributed by atoms with Crippen LogP contribution in [-0.4, -0.2) is 17.6 Å². The molecule has 0 N–H and O–H groups in total. The van der Waals surface area contributed by atoms with E-state index in [1.165, 1.54) is 0 Å². The minimum Gasteiger partial charge on any atom is -0.461 e. The van der Waals surface area contributed by atoms with E-state index in [0.717, 1.165) is 22.1 Å². The van der Waals surface area contributed by atoms with Crippen molar-refractivity contribution in [3.05, 3.63) is 74.9 Å². The maximum atomic E-state index is 12.6. The first-order valence-electron chi connectivity index (χ1n) is 8.95. The Labute approximate surface area is 169 Å². The van der Waals surface area contributed by atoms with Gasteiger partial charge in [-0.15, -0.1) is 0 Å². The van der Waals surface area contributed by atoms with Gasteiger partial charge in [0.1, 0.15) is 0 Å². The van der Waals surface area contributed by atoms with E-state index in [-0.39, 0.29) is 5.92 Å². The molecule has 3 rings (SSSR count). The monoisotopic (exact) mass is 401 g/mol. The van der Waals surface area contributed by atoms with Crippen LogP contribution in [-0.2, 0) is 11.2 Å². The Kier molecular flexibility index (Phi) is 6.03. The number of hydrogen-bond donors (Lipinski definition) is 0. The van der Waals surface area contributed by atoms with Crippen LogP contribution in [0.15, 0.2) is 42.5 Å². The van der Waals surface area contributed by atoms with Crippen LogP contribution in [0.2, 0.25) is 10.0 Å². The van der Waals surface area contributed by atoms with Crippen molar-refractivity contribution in [1.82, 2.24) is 4.98 Å². The second kappa shape index (κ2) is 8.28. The Morgan fingerprint density at radius 2 is 1.89 bits per heavy atom. The number of fused-ring (bicyclic) bond motifs is 1. The third-order valence-electron chi connectivity index (χ3n) is 4.47.